The van der Waals surface area contributed by atoms with Gasteiger partial charge in [0.15, 0.2) is 0 Å². The molecule has 8 nitrogen and oxygen atoms in total. The topological polar surface area (TPSA) is 89.7 Å². The Morgan fingerprint density at radius 3 is 3.17 bits per heavy atom. The SMILES string of the molecule is CCn1ncc2ccc(NC(=O)NC3CCc4ncnn4C3)cc21. The average Bonchev–Trinajstić information content (AvgIpc) is 3.20. The summed E-state index contributed by atoms with van der Waals surface area (Å²) >= 11 is 0. The first-order valence-corrected chi connectivity index (χ1v) is 8.12. The van der Waals surface area contributed by atoms with E-state index >= 15 is 0 Å². The predicted molar refractivity (Wildman–Crippen MR) is 89.7 cm³/mol. The smallest absolute Gasteiger partial charge is 0.319 e. The summed E-state index contributed by atoms with van der Waals surface area (Å²) in [6.45, 7) is 3.49. The fourth-order valence-electron chi connectivity index (χ4n) is 3.11. The number of benzene rings is 1. The average molecular weight is 325 g/mol. The number of aromatic nitrogens is 5. The summed E-state index contributed by atoms with van der Waals surface area (Å²) in [6.07, 6.45) is 5.09. The van der Waals surface area contributed by atoms with Crippen LogP contribution in [0.4, 0.5) is 10.5 Å². The Balaban J connectivity index is 1.43. The van der Waals surface area contributed by atoms with Gasteiger partial charge < -0.3 is 10.6 Å². The Morgan fingerprint density at radius 1 is 1.38 bits per heavy atom. The lowest BCUT2D eigenvalue weighted by atomic mass is 10.1. The van der Waals surface area contributed by atoms with Gasteiger partial charge in [-0.05, 0) is 31.5 Å². The Morgan fingerprint density at radius 2 is 2.29 bits per heavy atom. The lowest BCUT2D eigenvalue weighted by molar-refractivity contribution is 0.243. The number of carbonyl (C=O) groups excluding carboxylic acids is 1. The molecule has 0 aliphatic carbocycles. The third kappa shape index (κ3) is 2.70. The van der Waals surface area contributed by atoms with E-state index in [0.717, 1.165) is 41.8 Å². The highest BCUT2D eigenvalue weighted by atomic mass is 16.2. The number of hydrogen-bond donors (Lipinski definition) is 2. The summed E-state index contributed by atoms with van der Waals surface area (Å²) in [4.78, 5) is 16.5. The number of rotatable bonds is 3. The van der Waals surface area contributed by atoms with E-state index in [2.05, 4.69) is 25.8 Å². The molecule has 2 amide bonds. The Hall–Kier alpha value is -2.90. The quantitative estimate of drug-likeness (QED) is 0.768. The van der Waals surface area contributed by atoms with Crippen molar-refractivity contribution in [1.82, 2.24) is 29.9 Å². The minimum absolute atomic E-state index is 0.0594. The summed E-state index contributed by atoms with van der Waals surface area (Å²) in [5.41, 5.74) is 1.77. The maximum Gasteiger partial charge on any atom is 0.319 e. The zero-order valence-electron chi connectivity index (χ0n) is 13.4. The molecule has 1 aliphatic heterocycles. The van der Waals surface area contributed by atoms with Crippen LogP contribution in [0.1, 0.15) is 19.2 Å². The molecule has 124 valence electrons. The predicted octanol–water partition coefficient (Wildman–Crippen LogP) is 1.78. The number of fused-ring (bicyclic) bond motifs is 2. The van der Waals surface area contributed by atoms with Gasteiger partial charge in [0.1, 0.15) is 12.2 Å². The van der Waals surface area contributed by atoms with Gasteiger partial charge in [0.05, 0.1) is 24.3 Å². The lowest BCUT2D eigenvalue weighted by Gasteiger charge is -2.23. The number of urea groups is 1. The monoisotopic (exact) mass is 325 g/mol. The maximum absolute atomic E-state index is 12.3. The van der Waals surface area contributed by atoms with Gasteiger partial charge in [-0.2, -0.15) is 10.2 Å². The van der Waals surface area contributed by atoms with Crippen LogP contribution >= 0.6 is 0 Å². The van der Waals surface area contributed by atoms with E-state index in [4.69, 9.17) is 0 Å². The van der Waals surface area contributed by atoms with E-state index in [-0.39, 0.29) is 12.1 Å². The fourth-order valence-corrected chi connectivity index (χ4v) is 3.11. The number of nitrogens with zero attached hydrogens (tertiary/aromatic N) is 5. The van der Waals surface area contributed by atoms with Crippen molar-refractivity contribution in [3.8, 4) is 0 Å². The van der Waals surface area contributed by atoms with Crippen molar-refractivity contribution in [3.05, 3.63) is 36.5 Å². The number of aryl methyl sites for hydroxylation is 2. The van der Waals surface area contributed by atoms with Crippen LogP contribution in [-0.4, -0.2) is 36.6 Å². The van der Waals surface area contributed by atoms with Gasteiger partial charge in [0.2, 0.25) is 0 Å². The summed E-state index contributed by atoms with van der Waals surface area (Å²) in [5.74, 6) is 0.978. The van der Waals surface area contributed by atoms with Crippen LogP contribution < -0.4 is 10.6 Å². The molecule has 0 spiro atoms. The van der Waals surface area contributed by atoms with E-state index in [0.29, 0.717) is 6.54 Å². The Labute approximate surface area is 138 Å². The Kier molecular flexibility index (Phi) is 3.64. The first-order valence-electron chi connectivity index (χ1n) is 8.12. The van der Waals surface area contributed by atoms with Gasteiger partial charge in [0, 0.05) is 24.0 Å². The molecule has 3 aromatic rings. The second kappa shape index (κ2) is 5.95. The fraction of sp³-hybridized carbons (Fsp3) is 0.375. The highest BCUT2D eigenvalue weighted by molar-refractivity contribution is 5.92. The summed E-state index contributed by atoms with van der Waals surface area (Å²) in [5, 5.41) is 15.5. The molecule has 0 radical (unpaired) electrons. The molecule has 2 aromatic heterocycles. The Bertz CT molecular complexity index is 882. The van der Waals surface area contributed by atoms with Crippen LogP contribution in [0.3, 0.4) is 0 Å². The standard InChI is InChI=1S/C16H19N7O/c1-2-22-14-7-12(4-3-11(14)8-18-22)20-16(24)21-13-5-6-15-17-10-19-23(15)9-13/h3-4,7-8,10,13H,2,5-6,9H2,1H3,(H2,20,21,24). The van der Waals surface area contributed by atoms with Gasteiger partial charge in [-0.1, -0.05) is 0 Å². The molecular weight excluding hydrogens is 306 g/mol. The van der Waals surface area contributed by atoms with E-state index in [1.54, 1.807) is 6.33 Å². The number of nitrogens with one attached hydrogen (secondary N) is 2. The molecule has 1 aromatic carbocycles. The van der Waals surface area contributed by atoms with Crippen LogP contribution in [-0.2, 0) is 19.5 Å². The summed E-state index contributed by atoms with van der Waals surface area (Å²) in [7, 11) is 0. The van der Waals surface area contributed by atoms with Crippen LogP contribution in [0.15, 0.2) is 30.7 Å². The molecule has 1 atom stereocenters. The van der Waals surface area contributed by atoms with Crippen LogP contribution in [0.25, 0.3) is 10.9 Å². The molecule has 0 saturated heterocycles. The maximum atomic E-state index is 12.3. The second-order valence-corrected chi connectivity index (χ2v) is 5.93. The molecule has 1 unspecified atom stereocenters. The molecule has 1 aliphatic rings. The third-order valence-corrected chi connectivity index (χ3v) is 4.34. The van der Waals surface area contributed by atoms with E-state index < -0.39 is 0 Å². The van der Waals surface area contributed by atoms with Crippen LogP contribution in [0, 0.1) is 0 Å². The van der Waals surface area contributed by atoms with Crippen molar-refractivity contribution in [3.63, 3.8) is 0 Å². The first kappa shape index (κ1) is 14.7. The highest BCUT2D eigenvalue weighted by Gasteiger charge is 2.21. The largest absolute Gasteiger partial charge is 0.333 e. The van der Waals surface area contributed by atoms with Gasteiger partial charge in [-0.15, -0.1) is 0 Å². The van der Waals surface area contributed by atoms with Crippen molar-refractivity contribution in [1.29, 1.82) is 0 Å². The lowest BCUT2D eigenvalue weighted by Crippen LogP contribution is -2.43. The summed E-state index contributed by atoms with van der Waals surface area (Å²) in [6, 6.07) is 5.66. The van der Waals surface area contributed by atoms with Gasteiger partial charge in [-0.3, -0.25) is 4.68 Å². The number of anilines is 1. The van der Waals surface area contributed by atoms with Crippen molar-refractivity contribution < 1.29 is 4.79 Å². The minimum atomic E-state index is -0.203. The van der Waals surface area contributed by atoms with Crippen LogP contribution in [0.2, 0.25) is 0 Å². The molecule has 0 fully saturated rings. The number of amides is 2. The van der Waals surface area contributed by atoms with Crippen molar-refractivity contribution >= 4 is 22.6 Å². The zero-order chi connectivity index (χ0) is 16.5. The van der Waals surface area contributed by atoms with Crippen molar-refractivity contribution in [2.45, 2.75) is 38.9 Å². The molecule has 0 bridgehead atoms. The van der Waals surface area contributed by atoms with Gasteiger partial charge in [-0.25, -0.2) is 14.5 Å². The van der Waals surface area contributed by atoms with Crippen LogP contribution in [0.5, 0.6) is 0 Å². The van der Waals surface area contributed by atoms with Gasteiger partial charge in [0.25, 0.3) is 0 Å². The van der Waals surface area contributed by atoms with Crippen molar-refractivity contribution in [2.75, 3.05) is 5.32 Å². The molecule has 24 heavy (non-hydrogen) atoms. The number of hydrogen-bond acceptors (Lipinski definition) is 4. The molecule has 3 heterocycles. The van der Waals surface area contributed by atoms with E-state index in [9.17, 15) is 4.79 Å². The van der Waals surface area contributed by atoms with E-state index in [1.165, 1.54) is 0 Å². The normalized spacial score (nSPS) is 16.8. The molecular formula is C16H19N7O. The molecule has 2 N–H and O–H groups in total. The van der Waals surface area contributed by atoms with Gasteiger partial charge >= 0.3 is 6.03 Å². The molecule has 8 heteroatoms. The highest BCUT2D eigenvalue weighted by Crippen LogP contribution is 2.19. The zero-order valence-corrected chi connectivity index (χ0v) is 13.4. The minimum Gasteiger partial charge on any atom is -0.333 e. The first-order chi connectivity index (χ1) is 11.7. The molecule has 4 rings (SSSR count). The van der Waals surface area contributed by atoms with Crippen molar-refractivity contribution in [2.24, 2.45) is 0 Å². The summed E-state index contributed by atoms with van der Waals surface area (Å²) < 4.78 is 3.76. The van der Waals surface area contributed by atoms with E-state index in [1.807, 2.05) is 40.7 Å². The number of carbonyl (C=O) groups is 1. The molecule has 0 saturated carbocycles. The second-order valence-electron chi connectivity index (χ2n) is 5.93. The third-order valence-electron chi connectivity index (χ3n) is 4.34.